The lowest BCUT2D eigenvalue weighted by atomic mass is 10.1. The third-order valence-electron chi connectivity index (χ3n) is 4.75. The van der Waals surface area contributed by atoms with Gasteiger partial charge in [0.1, 0.15) is 11.5 Å². The van der Waals surface area contributed by atoms with Crippen LogP contribution in [0.3, 0.4) is 0 Å². The summed E-state index contributed by atoms with van der Waals surface area (Å²) < 4.78 is 36.5. The van der Waals surface area contributed by atoms with Crippen LogP contribution < -0.4 is 9.47 Å². The van der Waals surface area contributed by atoms with Gasteiger partial charge in [-0.3, -0.25) is 14.9 Å². The maximum Gasteiger partial charge on any atom is 0.387 e. The summed E-state index contributed by atoms with van der Waals surface area (Å²) in [4.78, 5) is 23.2. The van der Waals surface area contributed by atoms with Gasteiger partial charge in [0.25, 0.3) is 5.69 Å². The Labute approximate surface area is 177 Å². The van der Waals surface area contributed by atoms with E-state index in [2.05, 4.69) is 4.74 Å². The smallest absolute Gasteiger partial charge is 0.387 e. The minimum atomic E-state index is -2.90. The molecule has 3 aromatic rings. The first-order valence-corrected chi connectivity index (χ1v) is 9.37. The van der Waals surface area contributed by atoms with E-state index in [0.29, 0.717) is 22.7 Å². The van der Waals surface area contributed by atoms with E-state index in [1.54, 1.807) is 32.0 Å². The van der Waals surface area contributed by atoms with E-state index in [0.717, 1.165) is 5.69 Å². The van der Waals surface area contributed by atoms with Gasteiger partial charge in [-0.05, 0) is 63.2 Å². The molecule has 1 atom stereocenters. The predicted molar refractivity (Wildman–Crippen MR) is 109 cm³/mol. The molecule has 3 rings (SSSR count). The highest BCUT2D eigenvalue weighted by atomic mass is 19.3. The number of rotatable bonds is 8. The van der Waals surface area contributed by atoms with Crippen molar-refractivity contribution in [2.75, 3.05) is 0 Å². The molecule has 0 fully saturated rings. The summed E-state index contributed by atoms with van der Waals surface area (Å²) in [6.45, 7) is 2.31. The Morgan fingerprint density at radius 2 is 1.55 bits per heavy atom. The number of halogens is 2. The van der Waals surface area contributed by atoms with Gasteiger partial charge in [0.2, 0.25) is 5.78 Å². The number of aryl methyl sites for hydroxylation is 1. The normalized spacial score (nSPS) is 11.9. The number of nitro benzene ring substituents is 1. The molecule has 0 aliphatic heterocycles. The van der Waals surface area contributed by atoms with Crippen LogP contribution in [-0.2, 0) is 0 Å². The number of carbonyl (C=O) groups excluding carboxylic acids is 1. The highest BCUT2D eigenvalue weighted by Gasteiger charge is 2.23. The lowest BCUT2D eigenvalue weighted by molar-refractivity contribution is -0.384. The van der Waals surface area contributed by atoms with Crippen molar-refractivity contribution in [1.29, 1.82) is 0 Å². The maximum absolute atomic E-state index is 13.0. The number of benzene rings is 2. The molecule has 0 amide bonds. The number of aromatic nitrogens is 1. The number of carbonyl (C=O) groups is 1. The van der Waals surface area contributed by atoms with Crippen molar-refractivity contribution in [3.8, 4) is 17.2 Å². The van der Waals surface area contributed by atoms with Crippen LogP contribution in [-0.4, -0.2) is 28.0 Å². The van der Waals surface area contributed by atoms with Crippen molar-refractivity contribution in [2.45, 2.75) is 33.5 Å². The number of ether oxygens (including phenoxy) is 2. The van der Waals surface area contributed by atoms with Gasteiger partial charge in [-0.15, -0.1) is 0 Å². The van der Waals surface area contributed by atoms with E-state index in [1.165, 1.54) is 36.4 Å². The first-order valence-electron chi connectivity index (χ1n) is 9.37. The molecule has 0 aliphatic carbocycles. The van der Waals surface area contributed by atoms with Crippen LogP contribution in [0, 0.1) is 24.0 Å². The molecular weight excluding hydrogens is 410 g/mol. The van der Waals surface area contributed by atoms with Crippen molar-refractivity contribution >= 4 is 11.5 Å². The number of nitro groups is 1. The van der Waals surface area contributed by atoms with Crippen molar-refractivity contribution in [3.63, 3.8) is 0 Å². The van der Waals surface area contributed by atoms with E-state index >= 15 is 0 Å². The fraction of sp³-hybridized carbons (Fsp3) is 0.227. The quantitative estimate of drug-likeness (QED) is 0.277. The van der Waals surface area contributed by atoms with Crippen molar-refractivity contribution in [1.82, 2.24) is 4.57 Å². The van der Waals surface area contributed by atoms with Gasteiger partial charge < -0.3 is 14.0 Å². The molecule has 7 nitrogen and oxygen atoms in total. The number of hydrogen-bond acceptors (Lipinski definition) is 5. The van der Waals surface area contributed by atoms with Gasteiger partial charge in [0, 0.05) is 34.8 Å². The summed E-state index contributed by atoms with van der Waals surface area (Å²) in [5.41, 5.74) is 2.54. The monoisotopic (exact) mass is 430 g/mol. The van der Waals surface area contributed by atoms with Gasteiger partial charge in [-0.25, -0.2) is 0 Å². The van der Waals surface area contributed by atoms with Gasteiger partial charge in [-0.2, -0.15) is 8.78 Å². The summed E-state index contributed by atoms with van der Waals surface area (Å²) in [7, 11) is 0. The summed E-state index contributed by atoms with van der Waals surface area (Å²) in [5.74, 6) is 0.132. The molecule has 31 heavy (non-hydrogen) atoms. The molecule has 0 radical (unpaired) electrons. The van der Waals surface area contributed by atoms with Crippen LogP contribution >= 0.6 is 0 Å². The standard InChI is InChI=1S/C22H20F2N2O5/c1-13-12-20(14(2)25(13)16-4-8-19(9-5-16)31-22(23)24)21(27)15(3)30-18-10-6-17(7-11-18)26(28)29/h4-12,15,22H,1-3H3. The van der Waals surface area contributed by atoms with Crippen molar-refractivity contribution in [3.05, 3.63) is 81.7 Å². The Kier molecular flexibility index (Phi) is 6.33. The van der Waals surface area contributed by atoms with Crippen LogP contribution in [0.1, 0.15) is 28.7 Å². The van der Waals surface area contributed by atoms with Crippen molar-refractivity contribution in [2.24, 2.45) is 0 Å². The molecule has 0 saturated heterocycles. The third-order valence-corrected chi connectivity index (χ3v) is 4.75. The Hall–Kier alpha value is -3.75. The fourth-order valence-corrected chi connectivity index (χ4v) is 3.31. The highest BCUT2D eigenvalue weighted by molar-refractivity contribution is 6.00. The molecule has 2 aromatic carbocycles. The van der Waals surface area contributed by atoms with Gasteiger partial charge in [-0.1, -0.05) is 0 Å². The SMILES string of the molecule is Cc1cc(C(=O)C(C)Oc2ccc([N+](=O)[O-])cc2)c(C)n1-c1ccc(OC(F)F)cc1. The minimum absolute atomic E-state index is 0.0441. The molecule has 162 valence electrons. The molecular formula is C22H20F2N2O5. The Morgan fingerprint density at radius 3 is 2.10 bits per heavy atom. The molecule has 0 bridgehead atoms. The van der Waals surface area contributed by atoms with Gasteiger partial charge in [0.05, 0.1) is 4.92 Å². The second-order valence-corrected chi connectivity index (χ2v) is 6.87. The number of ketones is 1. The van der Waals surface area contributed by atoms with E-state index in [9.17, 15) is 23.7 Å². The van der Waals surface area contributed by atoms with E-state index in [4.69, 9.17) is 4.74 Å². The molecule has 0 spiro atoms. The Bertz CT molecular complexity index is 1090. The number of Topliss-reactive ketones (excluding diaryl/α,β-unsaturated/α-hetero) is 1. The summed E-state index contributed by atoms with van der Waals surface area (Å²) >= 11 is 0. The molecule has 0 aliphatic rings. The average Bonchev–Trinajstić information content (AvgIpc) is 3.02. The lowest BCUT2D eigenvalue weighted by Gasteiger charge is -2.14. The molecule has 1 aromatic heterocycles. The first-order chi connectivity index (χ1) is 14.7. The second-order valence-electron chi connectivity index (χ2n) is 6.87. The lowest BCUT2D eigenvalue weighted by Crippen LogP contribution is -2.24. The summed E-state index contributed by atoms with van der Waals surface area (Å²) in [6.07, 6.45) is -0.822. The summed E-state index contributed by atoms with van der Waals surface area (Å²) in [5, 5.41) is 10.7. The predicted octanol–water partition coefficient (Wildman–Crippen LogP) is 5.25. The first kappa shape index (κ1) is 21.9. The van der Waals surface area contributed by atoms with Crippen molar-refractivity contribution < 1.29 is 28.0 Å². The molecule has 0 saturated carbocycles. The topological polar surface area (TPSA) is 83.6 Å². The minimum Gasteiger partial charge on any atom is -0.483 e. The van der Waals surface area contributed by atoms with Crippen LogP contribution in [0.25, 0.3) is 5.69 Å². The van der Waals surface area contributed by atoms with Gasteiger partial charge >= 0.3 is 6.61 Å². The highest BCUT2D eigenvalue weighted by Crippen LogP contribution is 2.25. The zero-order valence-corrected chi connectivity index (χ0v) is 17.0. The van der Waals surface area contributed by atoms with E-state index < -0.39 is 17.6 Å². The van der Waals surface area contributed by atoms with Crippen LogP contribution in [0.2, 0.25) is 0 Å². The largest absolute Gasteiger partial charge is 0.483 e. The number of hydrogen-bond donors (Lipinski definition) is 0. The number of non-ortho nitro benzene ring substituents is 1. The van der Waals surface area contributed by atoms with Crippen LogP contribution in [0.15, 0.2) is 54.6 Å². The summed E-state index contributed by atoms with van der Waals surface area (Å²) in [6, 6.07) is 13.3. The molecule has 1 unspecified atom stereocenters. The third kappa shape index (κ3) is 4.88. The number of alkyl halides is 2. The average molecular weight is 430 g/mol. The van der Waals surface area contributed by atoms with E-state index in [1.807, 2.05) is 11.5 Å². The second kappa shape index (κ2) is 8.95. The maximum atomic E-state index is 13.0. The zero-order chi connectivity index (χ0) is 22.7. The fourth-order valence-electron chi connectivity index (χ4n) is 3.31. The van der Waals surface area contributed by atoms with Crippen LogP contribution in [0.5, 0.6) is 11.5 Å². The Balaban J connectivity index is 1.80. The molecule has 0 N–H and O–H groups in total. The van der Waals surface area contributed by atoms with E-state index in [-0.39, 0.29) is 17.2 Å². The zero-order valence-electron chi connectivity index (χ0n) is 17.0. The van der Waals surface area contributed by atoms with Crippen LogP contribution in [0.4, 0.5) is 14.5 Å². The van der Waals surface area contributed by atoms with Gasteiger partial charge in [0.15, 0.2) is 6.10 Å². The number of nitrogens with zero attached hydrogens (tertiary/aromatic N) is 2. The molecule has 1 heterocycles. The molecule has 9 heteroatoms. The Morgan fingerprint density at radius 1 is 1.00 bits per heavy atom.